The molecule has 0 aliphatic heterocycles. The van der Waals surface area contributed by atoms with Gasteiger partial charge >= 0.3 is 5.97 Å². The molecule has 7 nitrogen and oxygen atoms in total. The van der Waals surface area contributed by atoms with Gasteiger partial charge < -0.3 is 14.2 Å². The van der Waals surface area contributed by atoms with E-state index in [9.17, 15) is 9.59 Å². The summed E-state index contributed by atoms with van der Waals surface area (Å²) < 4.78 is 16.5. The molecular weight excluding hydrogens is 472 g/mol. The fraction of sp³-hybridized carbons (Fsp3) is 0.190. The van der Waals surface area contributed by atoms with Gasteiger partial charge in [-0.15, -0.1) is 11.3 Å². The number of thiazole rings is 1. The molecule has 0 saturated heterocycles. The molecule has 0 spiro atoms. The number of carbonyl (C=O) groups excluding carboxylic acids is 2. The molecule has 3 rings (SSSR count). The molecule has 0 saturated carbocycles. The Balaban J connectivity index is 1.77. The van der Waals surface area contributed by atoms with E-state index in [4.69, 9.17) is 14.2 Å². The lowest BCUT2D eigenvalue weighted by Crippen LogP contribution is -2.23. The largest absolute Gasteiger partial charge is 0.495 e. The van der Waals surface area contributed by atoms with Crippen molar-refractivity contribution in [1.29, 1.82) is 0 Å². The van der Waals surface area contributed by atoms with Gasteiger partial charge in [0.15, 0.2) is 5.13 Å². The summed E-state index contributed by atoms with van der Waals surface area (Å²) in [6.45, 7) is 1.67. The number of carbonyl (C=O) groups is 2. The normalized spacial score (nSPS) is 10.4. The summed E-state index contributed by atoms with van der Waals surface area (Å²) in [7, 11) is 2.89. The van der Waals surface area contributed by atoms with Gasteiger partial charge in [0.2, 0.25) is 5.91 Å². The van der Waals surface area contributed by atoms with E-state index in [1.54, 1.807) is 37.4 Å². The molecule has 3 aromatic rings. The zero-order valence-corrected chi connectivity index (χ0v) is 19.0. The Kier molecular flexibility index (Phi) is 7.07. The van der Waals surface area contributed by atoms with E-state index in [2.05, 4.69) is 20.9 Å². The molecule has 1 aromatic heterocycles. The van der Waals surface area contributed by atoms with Crippen molar-refractivity contribution in [2.24, 2.45) is 0 Å². The lowest BCUT2D eigenvalue weighted by Gasteiger charge is -2.20. The summed E-state index contributed by atoms with van der Waals surface area (Å²) in [5, 5.41) is 2.35. The summed E-state index contributed by atoms with van der Waals surface area (Å²) in [6, 6.07) is 12.2. The lowest BCUT2D eigenvalue weighted by molar-refractivity contribution is -0.115. The van der Waals surface area contributed by atoms with Crippen LogP contribution in [0.25, 0.3) is 0 Å². The van der Waals surface area contributed by atoms with Crippen LogP contribution in [0.3, 0.4) is 0 Å². The number of benzene rings is 2. The molecule has 156 valence electrons. The fourth-order valence-corrected chi connectivity index (χ4v) is 4.06. The first-order chi connectivity index (χ1) is 14.4. The van der Waals surface area contributed by atoms with Crippen LogP contribution in [0, 0.1) is 0 Å². The Morgan fingerprint density at radius 1 is 1.13 bits per heavy atom. The molecule has 0 bridgehead atoms. The third kappa shape index (κ3) is 4.80. The van der Waals surface area contributed by atoms with E-state index < -0.39 is 5.97 Å². The Hall–Kier alpha value is -2.91. The van der Waals surface area contributed by atoms with Crippen molar-refractivity contribution in [3.63, 3.8) is 0 Å². The standard InChI is InChI=1S/C21H19BrN2O5S/c1-13(25)24(17-6-4-5-7-19(17)27-2)21-23-15(12-30-21)11-29-18-9-8-14(10-16(18)22)20(26)28-3/h4-10,12H,11H2,1-3H3. The number of anilines is 2. The van der Waals surface area contributed by atoms with Crippen molar-refractivity contribution in [2.75, 3.05) is 19.1 Å². The Morgan fingerprint density at radius 2 is 1.90 bits per heavy atom. The van der Waals surface area contributed by atoms with Gasteiger partial charge in [0.1, 0.15) is 18.1 Å². The van der Waals surface area contributed by atoms with E-state index in [1.807, 2.05) is 17.5 Å². The third-order valence-corrected chi connectivity index (χ3v) is 5.59. The molecule has 0 aliphatic rings. The summed E-state index contributed by atoms with van der Waals surface area (Å²) in [5.74, 6) is 0.537. The predicted molar refractivity (Wildman–Crippen MR) is 118 cm³/mol. The van der Waals surface area contributed by atoms with Gasteiger partial charge in [-0.2, -0.15) is 0 Å². The van der Waals surface area contributed by atoms with Gasteiger partial charge in [-0.25, -0.2) is 9.78 Å². The maximum atomic E-state index is 12.3. The molecule has 0 aliphatic carbocycles. The van der Waals surface area contributed by atoms with Crippen molar-refractivity contribution >= 4 is 50.0 Å². The highest BCUT2D eigenvalue weighted by Crippen LogP contribution is 2.35. The van der Waals surface area contributed by atoms with E-state index in [-0.39, 0.29) is 12.5 Å². The number of methoxy groups -OCH3 is 2. The smallest absolute Gasteiger partial charge is 0.337 e. The molecule has 1 heterocycles. The minimum Gasteiger partial charge on any atom is -0.495 e. The summed E-state index contributed by atoms with van der Waals surface area (Å²) in [5.41, 5.74) is 1.71. The highest BCUT2D eigenvalue weighted by Gasteiger charge is 2.21. The third-order valence-electron chi connectivity index (χ3n) is 4.10. The first-order valence-electron chi connectivity index (χ1n) is 8.83. The van der Waals surface area contributed by atoms with Gasteiger partial charge in [0, 0.05) is 12.3 Å². The molecule has 1 amide bonds. The Labute approximate surface area is 186 Å². The quantitative estimate of drug-likeness (QED) is 0.435. The minimum atomic E-state index is -0.424. The van der Waals surface area contributed by atoms with Crippen molar-refractivity contribution in [2.45, 2.75) is 13.5 Å². The fourth-order valence-electron chi connectivity index (χ4n) is 2.70. The topological polar surface area (TPSA) is 78.0 Å². The van der Waals surface area contributed by atoms with Gasteiger partial charge in [-0.1, -0.05) is 12.1 Å². The second-order valence-corrected chi connectivity index (χ2v) is 7.76. The zero-order chi connectivity index (χ0) is 21.7. The average molecular weight is 491 g/mol. The van der Waals surface area contributed by atoms with Crippen LogP contribution in [0.1, 0.15) is 23.0 Å². The molecule has 0 fully saturated rings. The van der Waals surface area contributed by atoms with Crippen molar-refractivity contribution in [3.05, 3.63) is 63.6 Å². The summed E-state index contributed by atoms with van der Waals surface area (Å²) in [4.78, 5) is 30.0. The van der Waals surface area contributed by atoms with E-state index in [0.29, 0.717) is 38.0 Å². The van der Waals surface area contributed by atoms with Crippen molar-refractivity contribution in [1.82, 2.24) is 4.98 Å². The number of rotatable bonds is 7. The number of halogens is 1. The molecule has 9 heteroatoms. The van der Waals surface area contributed by atoms with Crippen molar-refractivity contribution < 1.29 is 23.8 Å². The second-order valence-electron chi connectivity index (χ2n) is 6.07. The van der Waals surface area contributed by atoms with Crippen molar-refractivity contribution in [3.8, 4) is 11.5 Å². The number of hydrogen-bond donors (Lipinski definition) is 0. The minimum absolute atomic E-state index is 0.178. The van der Waals surface area contributed by atoms with Gasteiger partial charge in [-0.3, -0.25) is 9.69 Å². The van der Waals surface area contributed by atoms with Crippen LogP contribution >= 0.6 is 27.3 Å². The van der Waals surface area contributed by atoms with E-state index >= 15 is 0 Å². The number of para-hydroxylation sites is 2. The van der Waals surface area contributed by atoms with Crippen LogP contribution in [0.5, 0.6) is 11.5 Å². The van der Waals surface area contributed by atoms with E-state index in [1.165, 1.54) is 30.3 Å². The Morgan fingerprint density at radius 3 is 2.57 bits per heavy atom. The average Bonchev–Trinajstić information content (AvgIpc) is 3.20. The summed E-state index contributed by atoms with van der Waals surface area (Å²) >= 11 is 4.73. The number of aromatic nitrogens is 1. The lowest BCUT2D eigenvalue weighted by atomic mass is 10.2. The molecule has 0 unspecified atom stereocenters. The zero-order valence-electron chi connectivity index (χ0n) is 16.5. The van der Waals surface area contributed by atoms with Crippen LogP contribution in [0.2, 0.25) is 0 Å². The van der Waals surface area contributed by atoms with Crippen LogP contribution < -0.4 is 14.4 Å². The number of ether oxygens (including phenoxy) is 3. The van der Waals surface area contributed by atoms with E-state index in [0.717, 1.165) is 0 Å². The maximum Gasteiger partial charge on any atom is 0.337 e. The maximum absolute atomic E-state index is 12.3. The number of esters is 1. The highest BCUT2D eigenvalue weighted by atomic mass is 79.9. The molecule has 2 aromatic carbocycles. The van der Waals surface area contributed by atoms with Crippen LogP contribution in [-0.4, -0.2) is 31.1 Å². The molecule has 0 N–H and O–H groups in total. The summed E-state index contributed by atoms with van der Waals surface area (Å²) in [6.07, 6.45) is 0. The predicted octanol–water partition coefficient (Wildman–Crippen LogP) is 4.96. The number of amides is 1. The molecule has 30 heavy (non-hydrogen) atoms. The first-order valence-corrected chi connectivity index (χ1v) is 10.5. The molecule has 0 radical (unpaired) electrons. The van der Waals surface area contributed by atoms with Gasteiger partial charge in [0.25, 0.3) is 0 Å². The van der Waals surface area contributed by atoms with Crippen LogP contribution in [0.4, 0.5) is 10.8 Å². The SMILES string of the molecule is COC(=O)c1ccc(OCc2csc(N(C(C)=O)c3ccccc3OC)n2)c(Br)c1. The highest BCUT2D eigenvalue weighted by molar-refractivity contribution is 9.10. The first kappa shape index (κ1) is 21.8. The number of hydrogen-bond acceptors (Lipinski definition) is 7. The Bertz CT molecular complexity index is 1070. The second kappa shape index (κ2) is 9.73. The van der Waals surface area contributed by atoms with Gasteiger partial charge in [-0.05, 0) is 46.3 Å². The van der Waals surface area contributed by atoms with Gasteiger partial charge in [0.05, 0.1) is 35.6 Å². The number of nitrogens with zero attached hydrogens (tertiary/aromatic N) is 2. The monoisotopic (exact) mass is 490 g/mol. The molecule has 0 atom stereocenters. The van der Waals surface area contributed by atoms with Crippen LogP contribution in [-0.2, 0) is 16.1 Å². The molecular formula is C21H19BrN2O5S. The van der Waals surface area contributed by atoms with Crippen LogP contribution in [0.15, 0.2) is 52.3 Å².